The van der Waals surface area contributed by atoms with Crippen LogP contribution in [0.15, 0.2) is 30.5 Å². The summed E-state index contributed by atoms with van der Waals surface area (Å²) in [6.07, 6.45) is 1.84. The molecule has 1 aromatic carbocycles. The van der Waals surface area contributed by atoms with E-state index >= 15 is 0 Å². The van der Waals surface area contributed by atoms with Crippen molar-refractivity contribution in [3.63, 3.8) is 0 Å². The smallest absolute Gasteiger partial charge is 0.133 e. The number of fused-ring (bicyclic) bond motifs is 1. The maximum Gasteiger partial charge on any atom is 0.133 e. The van der Waals surface area contributed by atoms with Crippen LogP contribution in [0.5, 0.6) is 5.75 Å². The lowest BCUT2D eigenvalue weighted by Crippen LogP contribution is -2.31. The van der Waals surface area contributed by atoms with Crippen molar-refractivity contribution in [3.8, 4) is 5.75 Å². The third kappa shape index (κ3) is 3.39. The molecule has 0 aliphatic heterocycles. The average Bonchev–Trinajstić information content (AvgIpc) is 2.46. The molecule has 4 nitrogen and oxygen atoms in total. The highest BCUT2D eigenvalue weighted by atomic mass is 16.5. The van der Waals surface area contributed by atoms with Gasteiger partial charge in [-0.2, -0.15) is 0 Å². The van der Waals surface area contributed by atoms with E-state index in [9.17, 15) is 0 Å². The fourth-order valence-electron chi connectivity index (χ4n) is 2.02. The number of nitrogens with zero attached hydrogens (tertiary/aromatic N) is 2. The van der Waals surface area contributed by atoms with Crippen molar-refractivity contribution in [1.82, 2.24) is 9.88 Å². The highest BCUT2D eigenvalue weighted by Gasteiger charge is 2.05. The van der Waals surface area contributed by atoms with E-state index in [1.807, 2.05) is 24.4 Å². The van der Waals surface area contributed by atoms with Crippen LogP contribution in [-0.2, 0) is 0 Å². The number of hydrogen-bond acceptors (Lipinski definition) is 4. The topological polar surface area (TPSA) is 37.4 Å². The monoisotopic (exact) mass is 273 g/mol. The zero-order chi connectivity index (χ0) is 14.5. The Morgan fingerprint density at radius 1 is 1.30 bits per heavy atom. The van der Waals surface area contributed by atoms with E-state index in [0.29, 0.717) is 6.04 Å². The van der Waals surface area contributed by atoms with E-state index in [2.05, 4.69) is 42.2 Å². The summed E-state index contributed by atoms with van der Waals surface area (Å²) < 4.78 is 5.29. The summed E-state index contributed by atoms with van der Waals surface area (Å²) in [6, 6.07) is 8.62. The first-order valence-corrected chi connectivity index (χ1v) is 6.98. The molecule has 0 bridgehead atoms. The Balaban J connectivity index is 2.13. The molecular weight excluding hydrogens is 250 g/mol. The molecule has 0 atom stereocenters. The van der Waals surface area contributed by atoms with Gasteiger partial charge in [0.05, 0.1) is 7.11 Å². The lowest BCUT2D eigenvalue weighted by atomic mass is 10.1. The largest absolute Gasteiger partial charge is 0.497 e. The minimum Gasteiger partial charge on any atom is -0.497 e. The summed E-state index contributed by atoms with van der Waals surface area (Å²) in [6.45, 7) is 6.25. The van der Waals surface area contributed by atoms with Gasteiger partial charge in [-0.3, -0.25) is 0 Å². The lowest BCUT2D eigenvalue weighted by molar-refractivity contribution is 0.284. The Morgan fingerprint density at radius 2 is 2.10 bits per heavy atom. The molecule has 0 saturated heterocycles. The summed E-state index contributed by atoms with van der Waals surface area (Å²) in [5.74, 6) is 1.77. The van der Waals surface area contributed by atoms with Gasteiger partial charge < -0.3 is 15.0 Å². The van der Waals surface area contributed by atoms with Gasteiger partial charge >= 0.3 is 0 Å². The Bertz CT molecular complexity index is 569. The molecule has 0 amide bonds. The third-order valence-corrected chi connectivity index (χ3v) is 3.61. The minimum absolute atomic E-state index is 0.553. The maximum atomic E-state index is 5.29. The third-order valence-electron chi connectivity index (χ3n) is 3.61. The molecule has 0 saturated carbocycles. The van der Waals surface area contributed by atoms with Gasteiger partial charge in [0.2, 0.25) is 0 Å². The molecule has 108 valence electrons. The van der Waals surface area contributed by atoms with Crippen molar-refractivity contribution in [2.45, 2.75) is 19.9 Å². The average molecular weight is 273 g/mol. The normalized spacial score (nSPS) is 11.3. The molecule has 2 rings (SSSR count). The van der Waals surface area contributed by atoms with Crippen LogP contribution in [0.4, 0.5) is 5.82 Å². The number of methoxy groups -OCH3 is 1. The maximum absolute atomic E-state index is 5.29. The Kier molecular flexibility index (Phi) is 4.79. The van der Waals surface area contributed by atoms with Crippen LogP contribution >= 0.6 is 0 Å². The highest BCUT2D eigenvalue weighted by molar-refractivity contribution is 5.92. The number of pyridine rings is 1. The van der Waals surface area contributed by atoms with Crippen LogP contribution in [0.25, 0.3) is 10.8 Å². The summed E-state index contributed by atoms with van der Waals surface area (Å²) >= 11 is 0. The zero-order valence-corrected chi connectivity index (χ0v) is 12.7. The molecule has 1 aromatic heterocycles. The van der Waals surface area contributed by atoms with Gasteiger partial charge in [0.15, 0.2) is 0 Å². The van der Waals surface area contributed by atoms with Crippen LogP contribution < -0.4 is 10.1 Å². The Morgan fingerprint density at radius 3 is 2.80 bits per heavy atom. The minimum atomic E-state index is 0.553. The van der Waals surface area contributed by atoms with Gasteiger partial charge in [-0.05, 0) is 44.5 Å². The van der Waals surface area contributed by atoms with E-state index in [0.717, 1.165) is 30.0 Å². The van der Waals surface area contributed by atoms with Crippen molar-refractivity contribution >= 4 is 16.6 Å². The molecule has 0 aliphatic rings. The standard InChI is InChI=1S/C16H23N3O/c1-12(2)19(3)10-9-18-16-15-11-14(20-4)6-5-13(15)7-8-17-16/h5-8,11-12H,9-10H2,1-4H3,(H,17,18). The first-order valence-electron chi connectivity index (χ1n) is 6.98. The molecule has 1 heterocycles. The van der Waals surface area contributed by atoms with E-state index in [1.54, 1.807) is 7.11 Å². The van der Waals surface area contributed by atoms with Gasteiger partial charge in [-0.1, -0.05) is 6.07 Å². The number of ether oxygens (including phenoxy) is 1. The fraction of sp³-hybridized carbons (Fsp3) is 0.438. The van der Waals surface area contributed by atoms with Crippen LogP contribution in [0.3, 0.4) is 0 Å². The van der Waals surface area contributed by atoms with Gasteiger partial charge in [0, 0.05) is 30.7 Å². The van der Waals surface area contributed by atoms with E-state index < -0.39 is 0 Å². The number of anilines is 1. The van der Waals surface area contributed by atoms with Gasteiger partial charge in [-0.15, -0.1) is 0 Å². The molecule has 0 unspecified atom stereocenters. The quantitative estimate of drug-likeness (QED) is 0.878. The summed E-state index contributed by atoms with van der Waals surface area (Å²) in [4.78, 5) is 6.74. The number of aromatic nitrogens is 1. The van der Waals surface area contributed by atoms with Crippen LogP contribution in [0.2, 0.25) is 0 Å². The molecule has 0 radical (unpaired) electrons. The highest BCUT2D eigenvalue weighted by Crippen LogP contribution is 2.25. The van der Waals surface area contributed by atoms with E-state index in [1.165, 1.54) is 5.39 Å². The Hall–Kier alpha value is -1.81. The molecule has 0 spiro atoms. The fourth-order valence-corrected chi connectivity index (χ4v) is 2.02. The van der Waals surface area contributed by atoms with Crippen LogP contribution in [0.1, 0.15) is 13.8 Å². The SMILES string of the molecule is COc1ccc2ccnc(NCCN(C)C(C)C)c2c1. The predicted octanol–water partition coefficient (Wildman–Crippen LogP) is 3.00. The molecule has 0 fully saturated rings. The second kappa shape index (κ2) is 6.57. The van der Waals surface area contributed by atoms with Crippen LogP contribution in [-0.4, -0.2) is 43.2 Å². The molecule has 2 aromatic rings. The van der Waals surface area contributed by atoms with Gasteiger partial charge in [0.25, 0.3) is 0 Å². The van der Waals surface area contributed by atoms with Gasteiger partial charge in [-0.25, -0.2) is 4.98 Å². The molecular formula is C16H23N3O. The zero-order valence-electron chi connectivity index (χ0n) is 12.7. The number of likely N-dealkylation sites (N-methyl/N-ethyl adjacent to an activating group) is 1. The van der Waals surface area contributed by atoms with Crippen molar-refractivity contribution in [2.24, 2.45) is 0 Å². The second-order valence-electron chi connectivity index (χ2n) is 5.25. The Labute approximate surface area is 120 Å². The first-order chi connectivity index (χ1) is 9.61. The van der Waals surface area contributed by atoms with E-state index in [-0.39, 0.29) is 0 Å². The molecule has 4 heteroatoms. The number of rotatable bonds is 6. The number of hydrogen-bond donors (Lipinski definition) is 1. The molecule has 20 heavy (non-hydrogen) atoms. The summed E-state index contributed by atoms with van der Waals surface area (Å²) in [5.41, 5.74) is 0. The number of nitrogens with one attached hydrogen (secondary N) is 1. The van der Waals surface area contributed by atoms with Crippen molar-refractivity contribution < 1.29 is 4.74 Å². The van der Waals surface area contributed by atoms with Gasteiger partial charge in [0.1, 0.15) is 11.6 Å². The van der Waals surface area contributed by atoms with Crippen LogP contribution in [0, 0.1) is 0 Å². The first kappa shape index (κ1) is 14.6. The molecule has 1 N–H and O–H groups in total. The summed E-state index contributed by atoms with van der Waals surface area (Å²) in [5, 5.41) is 5.68. The lowest BCUT2D eigenvalue weighted by Gasteiger charge is -2.21. The summed E-state index contributed by atoms with van der Waals surface area (Å²) in [7, 11) is 3.81. The van der Waals surface area contributed by atoms with E-state index in [4.69, 9.17) is 4.74 Å². The number of benzene rings is 1. The van der Waals surface area contributed by atoms with Crippen molar-refractivity contribution in [2.75, 3.05) is 32.6 Å². The second-order valence-corrected chi connectivity index (χ2v) is 5.25. The van der Waals surface area contributed by atoms with Crippen molar-refractivity contribution in [1.29, 1.82) is 0 Å². The van der Waals surface area contributed by atoms with Crippen molar-refractivity contribution in [3.05, 3.63) is 30.5 Å². The predicted molar refractivity (Wildman–Crippen MR) is 84.6 cm³/mol. The molecule has 0 aliphatic carbocycles.